The van der Waals surface area contributed by atoms with Crippen molar-refractivity contribution in [3.8, 4) is 11.8 Å². The molecule has 2 amide bonds. The number of fused-ring (bicyclic) bond motifs is 2. The number of hydrogen-bond acceptors (Lipinski definition) is 11. The van der Waals surface area contributed by atoms with Gasteiger partial charge in [0.2, 0.25) is 5.88 Å². The summed E-state index contributed by atoms with van der Waals surface area (Å²) in [5.74, 6) is 0.656. The van der Waals surface area contributed by atoms with E-state index in [1.54, 1.807) is 19.2 Å². The van der Waals surface area contributed by atoms with Crippen LogP contribution < -0.4 is 30.6 Å². The summed E-state index contributed by atoms with van der Waals surface area (Å²) in [4.78, 5) is 53.5. The van der Waals surface area contributed by atoms with Crippen molar-refractivity contribution in [2.24, 2.45) is 7.05 Å². The number of carbonyl (C=O) groups is 2. The number of nitrogens with one attached hydrogen (secondary N) is 2. The lowest BCUT2D eigenvalue weighted by Gasteiger charge is -2.18. The molecule has 0 bridgehead atoms. The number of rotatable bonds is 7. The van der Waals surface area contributed by atoms with Gasteiger partial charge in [-0.1, -0.05) is 0 Å². The monoisotopic (exact) mass is 468 g/mol. The average Bonchev–Trinajstić information content (AvgIpc) is 3.21. The van der Waals surface area contributed by atoms with Crippen molar-refractivity contribution in [2.45, 2.75) is 6.10 Å². The molecule has 0 aliphatic carbocycles. The zero-order chi connectivity index (χ0) is 23.7. The number of aromatic nitrogens is 5. The van der Waals surface area contributed by atoms with Crippen molar-refractivity contribution in [2.75, 3.05) is 43.1 Å². The van der Waals surface area contributed by atoms with E-state index in [1.165, 1.54) is 21.9 Å². The van der Waals surface area contributed by atoms with Gasteiger partial charge in [0.1, 0.15) is 18.2 Å². The largest absolute Gasteiger partial charge is 0.476 e. The van der Waals surface area contributed by atoms with Crippen LogP contribution in [0.1, 0.15) is 0 Å². The van der Waals surface area contributed by atoms with Crippen molar-refractivity contribution in [3.63, 3.8) is 0 Å². The number of ether oxygens (including phenoxy) is 3. The van der Waals surface area contributed by atoms with Gasteiger partial charge in [0, 0.05) is 26.2 Å². The molecule has 1 atom stereocenters. The molecular formula is C20H20N8O6. The molecule has 14 nitrogen and oxygen atoms in total. The highest BCUT2D eigenvalue weighted by Gasteiger charge is 2.34. The molecule has 34 heavy (non-hydrogen) atoms. The van der Waals surface area contributed by atoms with Crippen LogP contribution in [0.2, 0.25) is 0 Å². The Hall–Kier alpha value is -4.33. The Kier molecular flexibility index (Phi) is 5.63. The first-order valence-corrected chi connectivity index (χ1v) is 10.4. The number of pyridine rings is 1. The number of aryl methyl sites for hydroxylation is 1. The molecule has 2 aliphatic rings. The Morgan fingerprint density at radius 1 is 1.21 bits per heavy atom. The maximum Gasteiger partial charge on any atom is 0.416 e. The van der Waals surface area contributed by atoms with Gasteiger partial charge in [-0.05, 0) is 6.07 Å². The lowest BCUT2D eigenvalue weighted by atomic mass is 10.3. The Bertz CT molecular complexity index is 1330. The average molecular weight is 468 g/mol. The van der Waals surface area contributed by atoms with Gasteiger partial charge in [-0.15, -0.1) is 0 Å². The fourth-order valence-corrected chi connectivity index (χ4v) is 3.46. The zero-order valence-electron chi connectivity index (χ0n) is 18.1. The van der Waals surface area contributed by atoms with Crippen LogP contribution >= 0.6 is 0 Å². The summed E-state index contributed by atoms with van der Waals surface area (Å²) in [6, 6.07) is 3.42. The number of carbonyl (C=O) groups excluding carboxylic acids is 2. The van der Waals surface area contributed by atoms with Crippen molar-refractivity contribution in [1.82, 2.24) is 29.8 Å². The van der Waals surface area contributed by atoms with Gasteiger partial charge < -0.3 is 24.8 Å². The summed E-state index contributed by atoms with van der Waals surface area (Å²) < 4.78 is 17.6. The lowest BCUT2D eigenvalue weighted by Crippen LogP contribution is -2.33. The molecule has 2 N–H and O–H groups in total. The van der Waals surface area contributed by atoms with Gasteiger partial charge in [-0.2, -0.15) is 4.98 Å². The second-order valence-electron chi connectivity index (χ2n) is 7.54. The van der Waals surface area contributed by atoms with Crippen molar-refractivity contribution in [3.05, 3.63) is 34.9 Å². The molecule has 1 fully saturated rings. The molecule has 0 saturated carbocycles. The van der Waals surface area contributed by atoms with E-state index in [-0.39, 0.29) is 42.1 Å². The molecule has 3 aromatic heterocycles. The molecule has 1 saturated heterocycles. The standard InChI is InChI=1S/C20H20N8O6/c1-27-16(30)8-22-12-2-3-15(26-18(12)27)32-5-4-21-6-11-9-28(20(31)34-11)13-7-23-19-17(24-13)25-14(29)10-33-19/h2-3,7-8,11,21H,4-6,9-10H2,1H3,(H,24,25,29)/t11-/m0/s1. The summed E-state index contributed by atoms with van der Waals surface area (Å²) in [5.41, 5.74) is 0.782. The Labute approximate surface area is 191 Å². The molecule has 5 heterocycles. The molecule has 3 aromatic rings. The van der Waals surface area contributed by atoms with E-state index < -0.39 is 12.2 Å². The van der Waals surface area contributed by atoms with Crippen LogP contribution in [0.25, 0.3) is 11.2 Å². The van der Waals surface area contributed by atoms with Crippen LogP contribution in [0.4, 0.5) is 16.4 Å². The van der Waals surface area contributed by atoms with E-state index in [9.17, 15) is 14.4 Å². The molecule has 2 aliphatic heterocycles. The van der Waals surface area contributed by atoms with Crippen LogP contribution in [0.15, 0.2) is 29.3 Å². The van der Waals surface area contributed by atoms with Crippen LogP contribution in [-0.2, 0) is 16.6 Å². The molecule has 0 radical (unpaired) electrons. The number of amides is 2. The molecule has 5 rings (SSSR count). The molecular weight excluding hydrogens is 448 g/mol. The summed E-state index contributed by atoms with van der Waals surface area (Å²) in [6.45, 7) is 1.32. The maximum atomic E-state index is 12.3. The first-order chi connectivity index (χ1) is 16.5. The van der Waals surface area contributed by atoms with E-state index in [0.29, 0.717) is 36.7 Å². The fourth-order valence-electron chi connectivity index (χ4n) is 3.46. The van der Waals surface area contributed by atoms with Crippen molar-refractivity contribution in [1.29, 1.82) is 0 Å². The maximum absolute atomic E-state index is 12.3. The molecule has 14 heteroatoms. The third-order valence-electron chi connectivity index (χ3n) is 5.17. The number of hydrogen-bond donors (Lipinski definition) is 2. The predicted octanol–water partition coefficient (Wildman–Crippen LogP) is -0.557. The Morgan fingerprint density at radius 3 is 2.97 bits per heavy atom. The van der Waals surface area contributed by atoms with E-state index in [4.69, 9.17) is 14.2 Å². The first-order valence-electron chi connectivity index (χ1n) is 10.4. The Balaban J connectivity index is 1.11. The highest BCUT2D eigenvalue weighted by Crippen LogP contribution is 2.27. The summed E-state index contributed by atoms with van der Waals surface area (Å²) >= 11 is 0. The van der Waals surface area contributed by atoms with Gasteiger partial charge in [0.25, 0.3) is 17.3 Å². The molecule has 176 valence electrons. The summed E-state index contributed by atoms with van der Waals surface area (Å²) in [6.07, 6.45) is 1.68. The smallest absolute Gasteiger partial charge is 0.416 e. The topological polar surface area (TPSA) is 163 Å². The van der Waals surface area contributed by atoms with Gasteiger partial charge in [0.15, 0.2) is 23.9 Å². The summed E-state index contributed by atoms with van der Waals surface area (Å²) in [7, 11) is 1.62. The zero-order valence-corrected chi connectivity index (χ0v) is 18.1. The Morgan fingerprint density at radius 2 is 2.09 bits per heavy atom. The third kappa shape index (κ3) is 4.30. The lowest BCUT2D eigenvalue weighted by molar-refractivity contribution is -0.118. The summed E-state index contributed by atoms with van der Waals surface area (Å²) in [5, 5.41) is 5.73. The van der Waals surface area contributed by atoms with Gasteiger partial charge in [-0.3, -0.25) is 19.1 Å². The number of nitrogens with zero attached hydrogens (tertiary/aromatic N) is 6. The molecule has 0 spiro atoms. The van der Waals surface area contributed by atoms with Gasteiger partial charge in [-0.25, -0.2) is 19.7 Å². The SMILES string of the molecule is Cn1c(=O)cnc2ccc(OCCNC[C@H]3CN(c4cnc5c(n4)NC(=O)CO5)C(=O)O3)nc21. The molecule has 0 aromatic carbocycles. The quantitative estimate of drug-likeness (QED) is 0.428. The van der Waals surface area contributed by atoms with E-state index >= 15 is 0 Å². The number of cyclic esters (lactones) is 1. The minimum Gasteiger partial charge on any atom is -0.476 e. The van der Waals surface area contributed by atoms with E-state index in [2.05, 4.69) is 30.6 Å². The van der Waals surface area contributed by atoms with Crippen LogP contribution in [0, 0.1) is 0 Å². The highest BCUT2D eigenvalue weighted by molar-refractivity contribution is 5.94. The van der Waals surface area contributed by atoms with Crippen molar-refractivity contribution < 1.29 is 23.8 Å². The second kappa shape index (κ2) is 8.90. The second-order valence-corrected chi connectivity index (χ2v) is 7.54. The normalized spacial score (nSPS) is 17.2. The van der Waals surface area contributed by atoms with Crippen molar-refractivity contribution >= 4 is 34.8 Å². The van der Waals surface area contributed by atoms with Crippen LogP contribution in [-0.4, -0.2) is 75.5 Å². The molecule has 0 unspecified atom stereocenters. The minimum absolute atomic E-state index is 0.127. The van der Waals surface area contributed by atoms with Crippen LogP contribution in [0.3, 0.4) is 0 Å². The fraction of sp³-hybridized carbons (Fsp3) is 0.350. The van der Waals surface area contributed by atoms with Gasteiger partial charge >= 0.3 is 6.09 Å². The predicted molar refractivity (Wildman–Crippen MR) is 117 cm³/mol. The highest BCUT2D eigenvalue weighted by atomic mass is 16.6. The van der Waals surface area contributed by atoms with Crippen LogP contribution in [0.5, 0.6) is 11.8 Å². The first kappa shape index (κ1) is 21.5. The van der Waals surface area contributed by atoms with E-state index in [0.717, 1.165) is 0 Å². The van der Waals surface area contributed by atoms with E-state index in [1.807, 2.05) is 0 Å². The minimum atomic E-state index is -0.556. The van der Waals surface area contributed by atoms with Gasteiger partial charge in [0.05, 0.1) is 18.9 Å². The third-order valence-corrected chi connectivity index (χ3v) is 5.17. The number of anilines is 2.